The Labute approximate surface area is 125 Å². The Morgan fingerprint density at radius 1 is 1.45 bits per heavy atom. The van der Waals surface area contributed by atoms with Crippen LogP contribution in [0, 0.1) is 6.92 Å². The highest BCUT2D eigenvalue weighted by Gasteiger charge is 2.39. The average molecular weight is 312 g/mol. The van der Waals surface area contributed by atoms with Gasteiger partial charge in [0.2, 0.25) is 10.0 Å². The molecule has 3 N–H and O–H groups in total. The van der Waals surface area contributed by atoms with Gasteiger partial charge in [-0.15, -0.1) is 0 Å². The number of aryl methyl sites for hydroxylation is 1. The predicted octanol–water partition coefficient (Wildman–Crippen LogP) is 2.24. The molecule has 1 fully saturated rings. The predicted molar refractivity (Wildman–Crippen MR) is 84.3 cm³/mol. The first-order chi connectivity index (χ1) is 9.30. The Kier molecular flexibility index (Phi) is 4.18. The van der Waals surface area contributed by atoms with Crippen molar-refractivity contribution in [1.82, 2.24) is 4.72 Å². The van der Waals surface area contributed by atoms with Crippen molar-refractivity contribution in [3.63, 3.8) is 0 Å². The Bertz CT molecular complexity index is 629. The van der Waals surface area contributed by atoms with E-state index in [0.29, 0.717) is 11.1 Å². The highest BCUT2D eigenvalue weighted by Crippen LogP contribution is 2.36. The second-order valence-electron chi connectivity index (χ2n) is 5.44. The molecule has 4 nitrogen and oxygen atoms in total. The lowest BCUT2D eigenvalue weighted by atomic mass is 9.76. The molecule has 0 saturated heterocycles. The first kappa shape index (κ1) is 15.4. The Morgan fingerprint density at radius 2 is 2.10 bits per heavy atom. The van der Waals surface area contributed by atoms with E-state index in [1.165, 1.54) is 0 Å². The van der Waals surface area contributed by atoms with Gasteiger partial charge in [0.1, 0.15) is 4.99 Å². The maximum absolute atomic E-state index is 12.6. The fourth-order valence-corrected chi connectivity index (χ4v) is 4.44. The zero-order valence-corrected chi connectivity index (χ0v) is 13.4. The molecular weight excluding hydrogens is 292 g/mol. The highest BCUT2D eigenvalue weighted by atomic mass is 32.2. The van der Waals surface area contributed by atoms with Crippen LogP contribution < -0.4 is 10.5 Å². The van der Waals surface area contributed by atoms with Gasteiger partial charge >= 0.3 is 0 Å². The number of sulfonamides is 1. The monoisotopic (exact) mass is 312 g/mol. The number of hydrogen-bond acceptors (Lipinski definition) is 3. The molecule has 0 heterocycles. The lowest BCUT2D eigenvalue weighted by Gasteiger charge is -2.41. The van der Waals surface area contributed by atoms with E-state index < -0.39 is 10.0 Å². The van der Waals surface area contributed by atoms with Crippen LogP contribution in [0.1, 0.15) is 43.7 Å². The van der Waals surface area contributed by atoms with Gasteiger partial charge in [-0.2, -0.15) is 0 Å². The number of rotatable bonds is 5. The van der Waals surface area contributed by atoms with Gasteiger partial charge in [0.15, 0.2) is 0 Å². The lowest BCUT2D eigenvalue weighted by molar-refractivity contribution is 0.214. The van der Waals surface area contributed by atoms with Crippen molar-refractivity contribution in [2.45, 2.75) is 50.0 Å². The molecule has 1 saturated carbocycles. The van der Waals surface area contributed by atoms with Crippen molar-refractivity contribution in [1.29, 1.82) is 0 Å². The third-order valence-electron chi connectivity index (χ3n) is 4.10. The average Bonchev–Trinajstić information content (AvgIpc) is 2.34. The smallest absolute Gasteiger partial charge is 0.241 e. The van der Waals surface area contributed by atoms with Crippen molar-refractivity contribution in [3.05, 3.63) is 29.3 Å². The van der Waals surface area contributed by atoms with Crippen LogP contribution in [-0.2, 0) is 10.0 Å². The van der Waals surface area contributed by atoms with Crippen molar-refractivity contribution in [3.8, 4) is 0 Å². The standard InChI is InChI=1S/C14H20N2O2S2/c1-3-14(7-4-8-14)16-20(17,18)12-9-11(13(15)19)6-5-10(12)2/h5-6,9,16H,3-4,7-8H2,1-2H3,(H2,15,19). The van der Waals surface area contributed by atoms with E-state index in [4.69, 9.17) is 18.0 Å². The van der Waals surface area contributed by atoms with Crippen LogP contribution in [-0.4, -0.2) is 18.9 Å². The van der Waals surface area contributed by atoms with Gasteiger partial charge in [0.25, 0.3) is 0 Å². The molecule has 20 heavy (non-hydrogen) atoms. The van der Waals surface area contributed by atoms with Crippen LogP contribution in [0.15, 0.2) is 23.1 Å². The Balaban J connectivity index is 2.38. The molecule has 1 aliphatic rings. The summed E-state index contributed by atoms with van der Waals surface area (Å²) in [5, 5.41) is 0. The molecular formula is C14H20N2O2S2. The third kappa shape index (κ3) is 2.87. The topological polar surface area (TPSA) is 72.2 Å². The molecule has 110 valence electrons. The number of nitrogens with one attached hydrogen (secondary N) is 1. The van der Waals surface area contributed by atoms with Crippen LogP contribution in [0.2, 0.25) is 0 Å². The number of hydrogen-bond donors (Lipinski definition) is 2. The fourth-order valence-electron chi connectivity index (χ4n) is 2.51. The zero-order valence-electron chi connectivity index (χ0n) is 11.8. The first-order valence-electron chi connectivity index (χ1n) is 6.74. The maximum atomic E-state index is 12.6. The first-order valence-corrected chi connectivity index (χ1v) is 8.63. The summed E-state index contributed by atoms with van der Waals surface area (Å²) in [6, 6.07) is 5.04. The summed E-state index contributed by atoms with van der Waals surface area (Å²) in [6.07, 6.45) is 3.68. The summed E-state index contributed by atoms with van der Waals surface area (Å²) in [5.74, 6) is 0. The largest absolute Gasteiger partial charge is 0.389 e. The van der Waals surface area contributed by atoms with Crippen molar-refractivity contribution < 1.29 is 8.42 Å². The summed E-state index contributed by atoms with van der Waals surface area (Å²) in [4.78, 5) is 0.470. The summed E-state index contributed by atoms with van der Waals surface area (Å²) in [5.41, 5.74) is 6.58. The lowest BCUT2D eigenvalue weighted by Crippen LogP contribution is -2.52. The Morgan fingerprint density at radius 3 is 2.55 bits per heavy atom. The molecule has 0 atom stereocenters. The van der Waals surface area contributed by atoms with E-state index in [1.54, 1.807) is 25.1 Å². The molecule has 0 aromatic heterocycles. The van der Waals surface area contributed by atoms with Gasteiger partial charge in [-0.1, -0.05) is 31.3 Å². The third-order valence-corrected chi connectivity index (χ3v) is 6.06. The van der Waals surface area contributed by atoms with Gasteiger partial charge < -0.3 is 5.73 Å². The molecule has 0 aliphatic heterocycles. The van der Waals surface area contributed by atoms with E-state index in [-0.39, 0.29) is 15.4 Å². The zero-order chi connectivity index (χ0) is 15.0. The van der Waals surface area contributed by atoms with E-state index in [0.717, 1.165) is 25.7 Å². The SMILES string of the molecule is CCC1(NS(=O)(=O)c2cc(C(N)=S)ccc2C)CCC1. The molecule has 1 aromatic carbocycles. The summed E-state index contributed by atoms with van der Waals surface area (Å²) >= 11 is 4.92. The van der Waals surface area contributed by atoms with Gasteiger partial charge in [0, 0.05) is 11.1 Å². The fraction of sp³-hybridized carbons (Fsp3) is 0.500. The summed E-state index contributed by atoms with van der Waals surface area (Å²) in [7, 11) is -3.54. The van der Waals surface area contributed by atoms with Crippen LogP contribution >= 0.6 is 12.2 Å². The maximum Gasteiger partial charge on any atom is 0.241 e. The number of nitrogens with two attached hydrogens (primary N) is 1. The molecule has 2 rings (SSSR count). The minimum absolute atomic E-state index is 0.204. The Hall–Kier alpha value is -0.980. The molecule has 0 bridgehead atoms. The molecule has 0 amide bonds. The molecule has 1 aliphatic carbocycles. The van der Waals surface area contributed by atoms with Crippen LogP contribution in [0.25, 0.3) is 0 Å². The van der Waals surface area contributed by atoms with Gasteiger partial charge in [-0.25, -0.2) is 13.1 Å². The van der Waals surface area contributed by atoms with Crippen LogP contribution in [0.4, 0.5) is 0 Å². The summed E-state index contributed by atoms with van der Waals surface area (Å²) in [6.45, 7) is 3.79. The number of thiocarbonyl (C=S) groups is 1. The van der Waals surface area contributed by atoms with E-state index >= 15 is 0 Å². The molecule has 1 aromatic rings. The van der Waals surface area contributed by atoms with Gasteiger partial charge in [-0.3, -0.25) is 0 Å². The van der Waals surface area contributed by atoms with E-state index in [2.05, 4.69) is 4.72 Å². The van der Waals surface area contributed by atoms with Crippen LogP contribution in [0.5, 0.6) is 0 Å². The second kappa shape index (κ2) is 5.42. The van der Waals surface area contributed by atoms with Crippen molar-refractivity contribution in [2.24, 2.45) is 5.73 Å². The molecule has 0 spiro atoms. The van der Waals surface area contributed by atoms with Gasteiger partial charge in [-0.05, 0) is 44.2 Å². The van der Waals surface area contributed by atoms with Crippen molar-refractivity contribution >= 4 is 27.2 Å². The van der Waals surface area contributed by atoms with Crippen LogP contribution in [0.3, 0.4) is 0 Å². The molecule has 6 heteroatoms. The van der Waals surface area contributed by atoms with Gasteiger partial charge in [0.05, 0.1) is 4.90 Å². The second-order valence-corrected chi connectivity index (χ2v) is 7.53. The normalized spacial score (nSPS) is 17.5. The van der Waals surface area contributed by atoms with E-state index in [9.17, 15) is 8.42 Å². The highest BCUT2D eigenvalue weighted by molar-refractivity contribution is 7.89. The van der Waals surface area contributed by atoms with E-state index in [1.807, 2.05) is 6.92 Å². The minimum atomic E-state index is -3.54. The minimum Gasteiger partial charge on any atom is -0.389 e. The molecule has 0 radical (unpaired) electrons. The quantitative estimate of drug-likeness (QED) is 0.818. The molecule has 0 unspecified atom stereocenters. The summed E-state index contributed by atoms with van der Waals surface area (Å²) < 4.78 is 28.1. The number of benzene rings is 1. The van der Waals surface area contributed by atoms with Crippen molar-refractivity contribution in [2.75, 3.05) is 0 Å².